The van der Waals surface area contributed by atoms with E-state index in [0.717, 1.165) is 36.8 Å². The number of hydrogen-bond acceptors (Lipinski definition) is 5. The number of amides is 1. The second kappa shape index (κ2) is 6.07. The predicted molar refractivity (Wildman–Crippen MR) is 79.7 cm³/mol. The Morgan fingerprint density at radius 3 is 2.90 bits per heavy atom. The molecular weight excluding hydrogens is 254 g/mol. The maximum atomic E-state index is 11.4. The lowest BCUT2D eigenvalue weighted by Crippen LogP contribution is -2.46. The number of aryl methyl sites for hydroxylation is 1. The van der Waals surface area contributed by atoms with Crippen LogP contribution in [0.1, 0.15) is 32.5 Å². The van der Waals surface area contributed by atoms with Crippen LogP contribution in [0.3, 0.4) is 0 Å². The molecule has 6 heteroatoms. The van der Waals surface area contributed by atoms with Crippen molar-refractivity contribution in [2.75, 3.05) is 23.3 Å². The summed E-state index contributed by atoms with van der Waals surface area (Å²) in [5, 5.41) is 3.21. The van der Waals surface area contributed by atoms with Crippen LogP contribution in [0, 0.1) is 12.8 Å². The van der Waals surface area contributed by atoms with Gasteiger partial charge in [0.15, 0.2) is 0 Å². The van der Waals surface area contributed by atoms with Crippen LogP contribution in [0.25, 0.3) is 0 Å². The predicted octanol–water partition coefficient (Wildman–Crippen LogP) is 1.31. The molecule has 0 radical (unpaired) electrons. The van der Waals surface area contributed by atoms with Crippen molar-refractivity contribution in [2.45, 2.75) is 39.7 Å². The number of carbonyl (C=O) groups excluding carboxylic acids is 1. The van der Waals surface area contributed by atoms with E-state index in [2.05, 4.69) is 27.1 Å². The minimum Gasteiger partial charge on any atom is -0.370 e. The largest absolute Gasteiger partial charge is 0.370 e. The van der Waals surface area contributed by atoms with Crippen LogP contribution in [-0.4, -0.2) is 35.0 Å². The van der Waals surface area contributed by atoms with Gasteiger partial charge in [0.05, 0.1) is 5.92 Å². The Morgan fingerprint density at radius 1 is 1.50 bits per heavy atom. The van der Waals surface area contributed by atoms with Crippen LogP contribution in [-0.2, 0) is 4.79 Å². The fourth-order valence-corrected chi connectivity index (χ4v) is 2.63. The van der Waals surface area contributed by atoms with Crippen LogP contribution < -0.4 is 16.0 Å². The Bertz CT molecular complexity index is 490. The molecule has 1 aliphatic heterocycles. The molecule has 0 saturated carbocycles. The van der Waals surface area contributed by atoms with Crippen molar-refractivity contribution >= 4 is 17.5 Å². The van der Waals surface area contributed by atoms with Gasteiger partial charge < -0.3 is 16.0 Å². The summed E-state index contributed by atoms with van der Waals surface area (Å²) in [6, 6.07) is 2.30. The summed E-state index contributed by atoms with van der Waals surface area (Å²) < 4.78 is 0. The standard InChI is InChI=1S/C14H23N5O/c1-4-16-12-7-13(18-10(3)17-12)19-8-11(14(15)20)6-5-9(19)2/h7,9,11H,4-6,8H2,1-3H3,(H2,15,20)(H,16,17,18). The number of anilines is 2. The van der Waals surface area contributed by atoms with Gasteiger partial charge in [-0.2, -0.15) is 0 Å². The van der Waals surface area contributed by atoms with E-state index in [0.29, 0.717) is 12.6 Å². The molecule has 2 rings (SSSR count). The fraction of sp³-hybridized carbons (Fsp3) is 0.643. The number of rotatable bonds is 4. The first kappa shape index (κ1) is 14.6. The quantitative estimate of drug-likeness (QED) is 0.866. The Hall–Kier alpha value is -1.85. The van der Waals surface area contributed by atoms with Crippen LogP contribution in [0.4, 0.5) is 11.6 Å². The number of nitrogens with zero attached hydrogens (tertiary/aromatic N) is 3. The molecule has 2 heterocycles. The van der Waals surface area contributed by atoms with E-state index in [9.17, 15) is 4.79 Å². The maximum absolute atomic E-state index is 11.4. The van der Waals surface area contributed by atoms with E-state index < -0.39 is 0 Å². The highest BCUT2D eigenvalue weighted by molar-refractivity contribution is 5.77. The molecule has 1 aromatic rings. The Kier molecular flexibility index (Phi) is 4.42. The highest BCUT2D eigenvalue weighted by Gasteiger charge is 2.29. The molecule has 1 aromatic heterocycles. The zero-order valence-corrected chi connectivity index (χ0v) is 12.4. The van der Waals surface area contributed by atoms with Crippen LogP contribution in [0.5, 0.6) is 0 Å². The van der Waals surface area contributed by atoms with Gasteiger partial charge in [-0.05, 0) is 33.6 Å². The van der Waals surface area contributed by atoms with Crippen LogP contribution in [0.15, 0.2) is 6.07 Å². The van der Waals surface area contributed by atoms with E-state index in [1.807, 2.05) is 19.9 Å². The topological polar surface area (TPSA) is 84.1 Å². The summed E-state index contributed by atoms with van der Waals surface area (Å²) in [7, 11) is 0. The third kappa shape index (κ3) is 3.18. The van der Waals surface area contributed by atoms with E-state index >= 15 is 0 Å². The molecule has 2 atom stereocenters. The third-order valence-corrected chi connectivity index (χ3v) is 3.76. The SMILES string of the molecule is CCNc1cc(N2CC(C(N)=O)CCC2C)nc(C)n1. The summed E-state index contributed by atoms with van der Waals surface area (Å²) in [5.74, 6) is 2.10. The average molecular weight is 277 g/mol. The number of primary amides is 1. The highest BCUT2D eigenvalue weighted by atomic mass is 16.1. The number of carbonyl (C=O) groups is 1. The molecule has 0 bridgehead atoms. The van der Waals surface area contributed by atoms with Crippen molar-refractivity contribution < 1.29 is 4.79 Å². The zero-order chi connectivity index (χ0) is 14.7. The summed E-state index contributed by atoms with van der Waals surface area (Å²) in [6.45, 7) is 7.52. The second-order valence-corrected chi connectivity index (χ2v) is 5.37. The van der Waals surface area contributed by atoms with Gasteiger partial charge in [-0.1, -0.05) is 0 Å². The first-order chi connectivity index (χ1) is 9.51. The highest BCUT2D eigenvalue weighted by Crippen LogP contribution is 2.27. The molecule has 0 aliphatic carbocycles. The van der Waals surface area contributed by atoms with Crippen LogP contribution in [0.2, 0.25) is 0 Å². The van der Waals surface area contributed by atoms with E-state index in [1.54, 1.807) is 0 Å². The molecule has 110 valence electrons. The Balaban J connectivity index is 2.26. The van der Waals surface area contributed by atoms with Crippen molar-refractivity contribution in [3.8, 4) is 0 Å². The third-order valence-electron chi connectivity index (χ3n) is 3.76. The summed E-state index contributed by atoms with van der Waals surface area (Å²) >= 11 is 0. The number of hydrogen-bond donors (Lipinski definition) is 2. The van der Waals surface area contributed by atoms with Gasteiger partial charge in [0.2, 0.25) is 5.91 Å². The Morgan fingerprint density at radius 2 is 2.25 bits per heavy atom. The molecular formula is C14H23N5O. The molecule has 20 heavy (non-hydrogen) atoms. The molecule has 2 unspecified atom stereocenters. The van der Waals surface area contributed by atoms with Gasteiger partial charge in [-0.25, -0.2) is 9.97 Å². The van der Waals surface area contributed by atoms with Gasteiger partial charge >= 0.3 is 0 Å². The van der Waals surface area contributed by atoms with Gasteiger partial charge in [0.25, 0.3) is 0 Å². The molecule has 1 fully saturated rings. The Labute approximate surface area is 119 Å². The van der Waals surface area contributed by atoms with E-state index in [-0.39, 0.29) is 11.8 Å². The van der Waals surface area contributed by atoms with E-state index in [4.69, 9.17) is 5.73 Å². The van der Waals surface area contributed by atoms with Crippen LogP contribution >= 0.6 is 0 Å². The zero-order valence-electron chi connectivity index (χ0n) is 12.4. The number of nitrogens with two attached hydrogens (primary N) is 1. The van der Waals surface area contributed by atoms with Crippen molar-refractivity contribution in [1.82, 2.24) is 9.97 Å². The molecule has 0 aromatic carbocycles. The van der Waals surface area contributed by atoms with E-state index in [1.165, 1.54) is 0 Å². The molecule has 6 nitrogen and oxygen atoms in total. The monoisotopic (exact) mass is 277 g/mol. The second-order valence-electron chi connectivity index (χ2n) is 5.37. The molecule has 1 aliphatic rings. The minimum atomic E-state index is -0.223. The van der Waals surface area contributed by atoms with Crippen molar-refractivity contribution in [3.63, 3.8) is 0 Å². The fourth-order valence-electron chi connectivity index (χ4n) is 2.63. The first-order valence-corrected chi connectivity index (χ1v) is 7.16. The molecule has 3 N–H and O–H groups in total. The summed E-state index contributed by atoms with van der Waals surface area (Å²) in [5.41, 5.74) is 5.45. The maximum Gasteiger partial charge on any atom is 0.222 e. The summed E-state index contributed by atoms with van der Waals surface area (Å²) in [4.78, 5) is 22.4. The minimum absolute atomic E-state index is 0.0935. The first-order valence-electron chi connectivity index (χ1n) is 7.16. The summed E-state index contributed by atoms with van der Waals surface area (Å²) in [6.07, 6.45) is 1.81. The lowest BCUT2D eigenvalue weighted by molar-refractivity contribution is -0.122. The van der Waals surface area contributed by atoms with Gasteiger partial charge in [-0.3, -0.25) is 4.79 Å². The molecule has 1 saturated heterocycles. The van der Waals surface area contributed by atoms with Gasteiger partial charge in [0, 0.05) is 25.2 Å². The normalized spacial score (nSPS) is 22.6. The van der Waals surface area contributed by atoms with Crippen molar-refractivity contribution in [2.24, 2.45) is 11.7 Å². The lowest BCUT2D eigenvalue weighted by atomic mass is 9.93. The lowest BCUT2D eigenvalue weighted by Gasteiger charge is -2.37. The smallest absolute Gasteiger partial charge is 0.222 e. The molecule has 0 spiro atoms. The number of aromatic nitrogens is 2. The number of nitrogens with one attached hydrogen (secondary N) is 1. The molecule has 1 amide bonds. The average Bonchev–Trinajstić information content (AvgIpc) is 2.38. The van der Waals surface area contributed by atoms with Crippen molar-refractivity contribution in [3.05, 3.63) is 11.9 Å². The van der Waals surface area contributed by atoms with Gasteiger partial charge in [0.1, 0.15) is 17.5 Å². The van der Waals surface area contributed by atoms with Gasteiger partial charge in [-0.15, -0.1) is 0 Å². The van der Waals surface area contributed by atoms with Crippen molar-refractivity contribution in [1.29, 1.82) is 0 Å². The number of piperidine rings is 1.